The van der Waals surface area contributed by atoms with Crippen LogP contribution in [0.4, 0.5) is 0 Å². The Morgan fingerprint density at radius 3 is 3.06 bits per heavy atom. The van der Waals surface area contributed by atoms with Crippen LogP contribution in [-0.2, 0) is 21.5 Å². The van der Waals surface area contributed by atoms with Crippen LogP contribution in [0, 0.1) is 0 Å². The summed E-state index contributed by atoms with van der Waals surface area (Å²) in [6, 6.07) is 5.68. The van der Waals surface area contributed by atoms with Gasteiger partial charge in [-0.3, -0.25) is 4.79 Å². The quantitative estimate of drug-likeness (QED) is 0.842. The van der Waals surface area contributed by atoms with Gasteiger partial charge in [-0.25, -0.2) is 0 Å². The summed E-state index contributed by atoms with van der Waals surface area (Å²) in [4.78, 5) is 11.6. The summed E-state index contributed by atoms with van der Waals surface area (Å²) in [5.41, 5.74) is 7.75. The number of rotatable bonds is 3. The molecule has 0 saturated carbocycles. The number of hydrogen-bond donors (Lipinski definition) is 1. The first kappa shape index (κ1) is 12.4. The molecule has 0 saturated heterocycles. The molecule has 3 nitrogen and oxygen atoms in total. The first-order chi connectivity index (χ1) is 8.07. The van der Waals surface area contributed by atoms with E-state index in [1.165, 1.54) is 0 Å². The molecular weight excluding hydrogens is 238 g/mol. The van der Waals surface area contributed by atoms with Crippen LogP contribution in [-0.4, -0.2) is 12.6 Å². The van der Waals surface area contributed by atoms with Gasteiger partial charge in [-0.1, -0.05) is 23.7 Å². The molecule has 0 unspecified atom stereocenters. The number of ether oxygens (including phenoxy) is 1. The maximum absolute atomic E-state index is 11.6. The lowest BCUT2D eigenvalue weighted by atomic mass is 9.89. The molecule has 92 valence electrons. The van der Waals surface area contributed by atoms with E-state index in [0.717, 1.165) is 29.0 Å². The van der Waals surface area contributed by atoms with Crippen molar-refractivity contribution >= 4 is 17.6 Å². The van der Waals surface area contributed by atoms with E-state index >= 15 is 0 Å². The lowest BCUT2D eigenvalue weighted by Gasteiger charge is -2.24. The molecule has 0 fully saturated rings. The molecule has 4 heteroatoms. The summed E-state index contributed by atoms with van der Waals surface area (Å²) in [6.45, 7) is 2.18. The molecule has 0 aromatic heterocycles. The number of hydrogen-bond acceptors (Lipinski definition) is 3. The molecule has 2 rings (SSSR count). The third kappa shape index (κ3) is 2.31. The molecule has 1 aromatic carbocycles. The molecule has 1 atom stereocenters. The molecule has 0 amide bonds. The Morgan fingerprint density at radius 2 is 2.35 bits per heavy atom. The van der Waals surface area contributed by atoms with Crippen LogP contribution in [0.15, 0.2) is 18.2 Å². The molecule has 17 heavy (non-hydrogen) atoms. The molecule has 1 aliphatic carbocycles. The van der Waals surface area contributed by atoms with Gasteiger partial charge in [0, 0.05) is 5.02 Å². The highest BCUT2D eigenvalue weighted by molar-refractivity contribution is 6.31. The van der Waals surface area contributed by atoms with Crippen molar-refractivity contribution < 1.29 is 9.53 Å². The van der Waals surface area contributed by atoms with Crippen molar-refractivity contribution in [1.82, 2.24) is 0 Å². The normalized spacial score (nSPS) is 22.3. The highest BCUT2D eigenvalue weighted by Gasteiger charge is 2.38. The van der Waals surface area contributed by atoms with Gasteiger partial charge in [0.05, 0.1) is 18.6 Å². The minimum atomic E-state index is -0.619. The lowest BCUT2D eigenvalue weighted by Crippen LogP contribution is -2.37. The second-order valence-corrected chi connectivity index (χ2v) is 4.81. The predicted octanol–water partition coefficient (Wildman–Crippen LogP) is 2.39. The molecule has 2 N–H and O–H groups in total. The molecule has 0 radical (unpaired) electrons. The monoisotopic (exact) mass is 253 g/mol. The van der Waals surface area contributed by atoms with Crippen molar-refractivity contribution in [1.29, 1.82) is 0 Å². The Morgan fingerprint density at radius 1 is 1.59 bits per heavy atom. The van der Waals surface area contributed by atoms with Gasteiger partial charge in [-0.05, 0) is 37.0 Å². The SMILES string of the molecule is CCOC(=O)C[C@@]1(N)CCc2c(Cl)cccc21. The van der Waals surface area contributed by atoms with Crippen LogP contribution >= 0.6 is 11.6 Å². The van der Waals surface area contributed by atoms with Crippen molar-refractivity contribution in [3.8, 4) is 0 Å². The summed E-state index contributed by atoms with van der Waals surface area (Å²) in [5.74, 6) is -0.247. The first-order valence-corrected chi connectivity index (χ1v) is 6.17. The fourth-order valence-corrected chi connectivity index (χ4v) is 2.68. The molecule has 1 aromatic rings. The predicted molar refractivity (Wildman–Crippen MR) is 66.9 cm³/mol. The Kier molecular flexibility index (Phi) is 3.40. The average molecular weight is 254 g/mol. The van der Waals surface area contributed by atoms with Gasteiger partial charge < -0.3 is 10.5 Å². The van der Waals surface area contributed by atoms with Crippen LogP contribution in [0.3, 0.4) is 0 Å². The van der Waals surface area contributed by atoms with Gasteiger partial charge >= 0.3 is 5.97 Å². The number of carbonyl (C=O) groups is 1. The van der Waals surface area contributed by atoms with E-state index in [9.17, 15) is 4.79 Å². The molecule has 0 heterocycles. The minimum absolute atomic E-state index is 0.216. The van der Waals surface area contributed by atoms with Gasteiger partial charge in [0.25, 0.3) is 0 Å². The summed E-state index contributed by atoms with van der Waals surface area (Å²) < 4.78 is 4.96. The molecular formula is C13H16ClNO2. The van der Waals surface area contributed by atoms with E-state index in [1.807, 2.05) is 18.2 Å². The summed E-state index contributed by atoms with van der Waals surface area (Å²) in [5, 5.41) is 0.735. The number of benzene rings is 1. The Balaban J connectivity index is 2.25. The fourth-order valence-electron chi connectivity index (χ4n) is 2.42. The van der Waals surface area contributed by atoms with Crippen molar-refractivity contribution in [3.63, 3.8) is 0 Å². The van der Waals surface area contributed by atoms with Crippen molar-refractivity contribution in [2.75, 3.05) is 6.61 Å². The van der Waals surface area contributed by atoms with Gasteiger partial charge in [0.1, 0.15) is 0 Å². The van der Waals surface area contributed by atoms with Crippen molar-refractivity contribution in [2.45, 2.75) is 31.7 Å². The summed E-state index contributed by atoms with van der Waals surface area (Å²) in [7, 11) is 0. The van der Waals surface area contributed by atoms with E-state index in [0.29, 0.717) is 6.61 Å². The number of esters is 1. The fraction of sp³-hybridized carbons (Fsp3) is 0.462. The van der Waals surface area contributed by atoms with Crippen LogP contribution in [0.25, 0.3) is 0 Å². The number of nitrogens with two attached hydrogens (primary N) is 1. The molecule has 0 spiro atoms. The third-order valence-electron chi connectivity index (χ3n) is 3.24. The van der Waals surface area contributed by atoms with Gasteiger partial charge in [-0.15, -0.1) is 0 Å². The number of halogens is 1. The second-order valence-electron chi connectivity index (χ2n) is 4.40. The van der Waals surface area contributed by atoms with E-state index < -0.39 is 5.54 Å². The van der Waals surface area contributed by atoms with Gasteiger partial charge in [0.2, 0.25) is 0 Å². The maximum Gasteiger partial charge on any atom is 0.307 e. The number of fused-ring (bicyclic) bond motifs is 1. The molecule has 1 aliphatic rings. The zero-order valence-corrected chi connectivity index (χ0v) is 10.6. The van der Waals surface area contributed by atoms with Crippen LogP contribution in [0.1, 0.15) is 30.9 Å². The molecule has 0 bridgehead atoms. The highest BCUT2D eigenvalue weighted by atomic mass is 35.5. The van der Waals surface area contributed by atoms with E-state index in [4.69, 9.17) is 22.1 Å². The first-order valence-electron chi connectivity index (χ1n) is 5.79. The molecule has 0 aliphatic heterocycles. The Bertz CT molecular complexity index is 447. The van der Waals surface area contributed by atoms with Gasteiger partial charge in [0.15, 0.2) is 0 Å². The van der Waals surface area contributed by atoms with Gasteiger partial charge in [-0.2, -0.15) is 0 Å². The lowest BCUT2D eigenvalue weighted by molar-refractivity contribution is -0.144. The zero-order chi connectivity index (χ0) is 12.5. The average Bonchev–Trinajstić information content (AvgIpc) is 2.58. The topological polar surface area (TPSA) is 52.3 Å². The summed E-state index contributed by atoms with van der Waals surface area (Å²) in [6.07, 6.45) is 1.78. The largest absolute Gasteiger partial charge is 0.466 e. The standard InChI is InChI=1S/C13H16ClNO2/c1-2-17-12(16)8-13(15)7-6-9-10(13)4-3-5-11(9)14/h3-5H,2,6-8,15H2,1H3/t13-/m0/s1. The maximum atomic E-state index is 11.6. The van der Waals surface area contributed by atoms with Crippen LogP contribution < -0.4 is 5.73 Å². The Labute approximate surface area is 106 Å². The number of carbonyl (C=O) groups excluding carboxylic acids is 1. The van der Waals surface area contributed by atoms with E-state index in [-0.39, 0.29) is 12.4 Å². The minimum Gasteiger partial charge on any atom is -0.466 e. The van der Waals surface area contributed by atoms with Crippen molar-refractivity contribution in [2.24, 2.45) is 5.73 Å². The summed E-state index contributed by atoms with van der Waals surface area (Å²) >= 11 is 6.12. The van der Waals surface area contributed by atoms with E-state index in [1.54, 1.807) is 6.92 Å². The zero-order valence-electron chi connectivity index (χ0n) is 9.83. The highest BCUT2D eigenvalue weighted by Crippen LogP contribution is 2.40. The van der Waals surface area contributed by atoms with Crippen molar-refractivity contribution in [3.05, 3.63) is 34.3 Å². The second kappa shape index (κ2) is 4.67. The van der Waals surface area contributed by atoms with Crippen LogP contribution in [0.5, 0.6) is 0 Å². The van der Waals surface area contributed by atoms with E-state index in [2.05, 4.69) is 0 Å². The third-order valence-corrected chi connectivity index (χ3v) is 3.60. The Hall–Kier alpha value is -1.06. The smallest absolute Gasteiger partial charge is 0.307 e. The van der Waals surface area contributed by atoms with Crippen LogP contribution in [0.2, 0.25) is 5.02 Å².